The minimum atomic E-state index is -0.855. The second-order valence-electron chi connectivity index (χ2n) is 8.33. The van der Waals surface area contributed by atoms with E-state index in [0.717, 1.165) is 0 Å². The Morgan fingerprint density at radius 3 is 2.80 bits per heavy atom. The lowest BCUT2D eigenvalue weighted by atomic mass is 9.92. The van der Waals surface area contributed by atoms with E-state index in [1.165, 1.54) is 48.4 Å². The number of carbonyl (C=O) groups is 4. The van der Waals surface area contributed by atoms with Gasteiger partial charge < -0.3 is 20.7 Å². The smallest absolute Gasteiger partial charge is 0.329 e. The monoisotopic (exact) mass is 500 g/mol. The summed E-state index contributed by atoms with van der Waals surface area (Å²) in [6.45, 7) is 0.782. The van der Waals surface area contributed by atoms with Crippen molar-refractivity contribution in [2.24, 2.45) is 0 Å². The van der Waals surface area contributed by atoms with Gasteiger partial charge in [0.05, 0.1) is 5.02 Å². The van der Waals surface area contributed by atoms with Crippen molar-refractivity contribution in [3.8, 4) is 0 Å². The zero-order valence-electron chi connectivity index (χ0n) is 18.7. The molecule has 182 valence electrons. The number of nitrogen functional groups attached to an aromatic ring is 1. The van der Waals surface area contributed by atoms with Gasteiger partial charge in [-0.15, -0.1) is 0 Å². The predicted molar refractivity (Wildman–Crippen MR) is 126 cm³/mol. The molecule has 2 aliphatic heterocycles. The zero-order valence-corrected chi connectivity index (χ0v) is 19.5. The summed E-state index contributed by atoms with van der Waals surface area (Å²) in [6, 6.07) is 4.45. The molecule has 0 bridgehead atoms. The van der Waals surface area contributed by atoms with Gasteiger partial charge in [0.25, 0.3) is 0 Å². The summed E-state index contributed by atoms with van der Waals surface area (Å²) in [5.41, 5.74) is 6.83. The first kappa shape index (κ1) is 24.3. The van der Waals surface area contributed by atoms with Crippen LogP contribution in [-0.4, -0.2) is 52.1 Å². The molecule has 1 unspecified atom stereocenters. The predicted octanol–water partition coefficient (Wildman–Crippen LogP) is 2.99. The zero-order chi connectivity index (χ0) is 25.3. The lowest BCUT2D eigenvalue weighted by Gasteiger charge is -2.33. The second kappa shape index (κ2) is 9.83. The molecule has 11 heteroatoms. The van der Waals surface area contributed by atoms with Crippen molar-refractivity contribution in [2.45, 2.75) is 38.3 Å². The van der Waals surface area contributed by atoms with Crippen LogP contribution in [0.3, 0.4) is 0 Å². The molecule has 0 aliphatic carbocycles. The molecule has 1 aromatic carbocycles. The Balaban J connectivity index is 1.43. The Labute approximate surface area is 205 Å². The van der Waals surface area contributed by atoms with Crippen molar-refractivity contribution in [3.63, 3.8) is 0 Å². The average molecular weight is 501 g/mol. The van der Waals surface area contributed by atoms with Crippen molar-refractivity contribution in [2.75, 3.05) is 17.7 Å². The third kappa shape index (κ3) is 5.02. The number of ether oxygens (including phenoxy) is 1. The van der Waals surface area contributed by atoms with E-state index in [4.69, 9.17) is 22.1 Å². The largest absolute Gasteiger partial charge is 0.456 e. The summed E-state index contributed by atoms with van der Waals surface area (Å²) in [5.74, 6) is -2.48. The topological polar surface area (TPSA) is 132 Å². The summed E-state index contributed by atoms with van der Waals surface area (Å²) in [6.07, 6.45) is 3.77. The average Bonchev–Trinajstić information content (AvgIpc) is 3.24. The van der Waals surface area contributed by atoms with E-state index < -0.39 is 36.1 Å². The van der Waals surface area contributed by atoms with Crippen LogP contribution in [0, 0.1) is 5.82 Å². The van der Waals surface area contributed by atoms with Gasteiger partial charge in [0.15, 0.2) is 12.4 Å². The fourth-order valence-corrected chi connectivity index (χ4v) is 4.58. The van der Waals surface area contributed by atoms with Gasteiger partial charge in [-0.2, -0.15) is 0 Å². The highest BCUT2D eigenvalue weighted by Crippen LogP contribution is 2.39. The summed E-state index contributed by atoms with van der Waals surface area (Å²) in [7, 11) is 0. The number of esters is 1. The van der Waals surface area contributed by atoms with Crippen molar-refractivity contribution in [1.82, 2.24) is 9.88 Å². The molecular formula is C24H22ClFN4O5. The molecule has 1 saturated heterocycles. The van der Waals surface area contributed by atoms with Crippen LogP contribution in [0.4, 0.5) is 15.9 Å². The van der Waals surface area contributed by atoms with E-state index in [0.29, 0.717) is 24.8 Å². The molecule has 2 atom stereocenters. The van der Waals surface area contributed by atoms with Gasteiger partial charge in [-0.05, 0) is 49.1 Å². The molecule has 3 heterocycles. The van der Waals surface area contributed by atoms with Crippen LogP contribution in [0.1, 0.15) is 42.1 Å². The number of hydrogen-bond acceptors (Lipinski definition) is 7. The molecule has 9 nitrogen and oxygen atoms in total. The fourth-order valence-electron chi connectivity index (χ4n) is 4.42. The number of nitrogens with one attached hydrogen (secondary N) is 1. The standard InChI is InChI=1S/C24H22ClFN4O5/c1-12(31)29-20-9-13(6-7-28-20)19(32)11-35-24(34)18-5-2-15-8-14(10-21(33)30(15)18)22-17(27)4-3-16(25)23(22)26/h3-4,6-7,9-10,15,18H,2,5,8,11,27H2,1H3,(H,28,29,31)/t15?,18-/m1/s1. The number of Topliss-reactive ketones (excluding diaryl/α,β-unsaturated/α-hetero) is 1. The first-order chi connectivity index (χ1) is 16.7. The Bertz CT molecular complexity index is 1260. The molecule has 0 spiro atoms. The van der Waals surface area contributed by atoms with Crippen molar-refractivity contribution >= 4 is 52.2 Å². The summed E-state index contributed by atoms with van der Waals surface area (Å²) >= 11 is 5.89. The molecule has 2 amide bonds. The summed E-state index contributed by atoms with van der Waals surface area (Å²) < 4.78 is 19.8. The Morgan fingerprint density at radius 2 is 2.06 bits per heavy atom. The van der Waals surface area contributed by atoms with Gasteiger partial charge in [-0.25, -0.2) is 14.2 Å². The van der Waals surface area contributed by atoms with Crippen LogP contribution in [-0.2, 0) is 19.1 Å². The maximum absolute atomic E-state index is 14.6. The molecule has 2 aromatic rings. The number of nitrogens with two attached hydrogens (primary N) is 1. The number of nitrogens with zero attached hydrogens (tertiary/aromatic N) is 2. The number of carbonyl (C=O) groups excluding carboxylic acids is 4. The Kier molecular flexibility index (Phi) is 6.83. The van der Waals surface area contributed by atoms with Gasteiger partial charge >= 0.3 is 5.97 Å². The molecule has 0 radical (unpaired) electrons. The molecule has 4 rings (SSSR count). The fraction of sp³-hybridized carbons (Fsp3) is 0.292. The van der Waals surface area contributed by atoms with Gasteiger partial charge in [-0.3, -0.25) is 14.4 Å². The first-order valence-corrected chi connectivity index (χ1v) is 11.2. The number of amides is 2. The molecule has 1 aromatic heterocycles. The molecule has 3 N–H and O–H groups in total. The number of fused-ring (bicyclic) bond motifs is 1. The van der Waals surface area contributed by atoms with Gasteiger partial charge in [0, 0.05) is 42.1 Å². The number of rotatable bonds is 6. The van der Waals surface area contributed by atoms with Crippen LogP contribution < -0.4 is 11.1 Å². The number of benzene rings is 1. The lowest BCUT2D eigenvalue weighted by Crippen LogP contribution is -2.47. The summed E-state index contributed by atoms with van der Waals surface area (Å²) in [5, 5.41) is 2.38. The highest BCUT2D eigenvalue weighted by molar-refractivity contribution is 6.31. The SMILES string of the molecule is CC(=O)Nc1cc(C(=O)COC(=O)[C@H]2CCC3CC(c4c(N)ccc(Cl)c4F)=CC(=O)N32)ccn1. The molecule has 0 saturated carbocycles. The van der Waals surface area contributed by atoms with Crippen molar-refractivity contribution in [3.05, 3.63) is 58.5 Å². The number of pyridine rings is 1. The molecule has 2 aliphatic rings. The maximum atomic E-state index is 14.6. The third-order valence-corrected chi connectivity index (χ3v) is 6.25. The maximum Gasteiger partial charge on any atom is 0.329 e. The molecule has 35 heavy (non-hydrogen) atoms. The van der Waals surface area contributed by atoms with Gasteiger partial charge in [0.1, 0.15) is 11.9 Å². The number of halogens is 2. The number of ketones is 1. The third-order valence-electron chi connectivity index (χ3n) is 5.96. The highest BCUT2D eigenvalue weighted by Gasteiger charge is 2.44. The minimum Gasteiger partial charge on any atom is -0.456 e. The number of hydrogen-bond donors (Lipinski definition) is 2. The van der Waals surface area contributed by atoms with Crippen molar-refractivity contribution in [1.29, 1.82) is 0 Å². The van der Waals surface area contributed by atoms with E-state index in [-0.39, 0.29) is 39.6 Å². The van der Waals surface area contributed by atoms with Crippen LogP contribution in [0.5, 0.6) is 0 Å². The lowest BCUT2D eigenvalue weighted by molar-refractivity contribution is -0.152. The van der Waals surface area contributed by atoms with E-state index in [1.807, 2.05) is 0 Å². The minimum absolute atomic E-state index is 0.0955. The highest BCUT2D eigenvalue weighted by atomic mass is 35.5. The molecule has 1 fully saturated rings. The van der Waals surface area contributed by atoms with Crippen LogP contribution in [0.2, 0.25) is 5.02 Å². The van der Waals surface area contributed by atoms with E-state index in [2.05, 4.69) is 10.3 Å². The van der Waals surface area contributed by atoms with E-state index >= 15 is 0 Å². The van der Waals surface area contributed by atoms with E-state index in [1.54, 1.807) is 0 Å². The van der Waals surface area contributed by atoms with Crippen LogP contribution in [0.25, 0.3) is 5.57 Å². The van der Waals surface area contributed by atoms with Crippen molar-refractivity contribution < 1.29 is 28.3 Å². The van der Waals surface area contributed by atoms with Crippen LogP contribution >= 0.6 is 11.6 Å². The summed E-state index contributed by atoms with van der Waals surface area (Å²) in [4.78, 5) is 54.6. The van der Waals surface area contributed by atoms with E-state index in [9.17, 15) is 23.6 Å². The quantitative estimate of drug-likeness (QED) is 0.354. The van der Waals surface area contributed by atoms with Gasteiger partial charge in [-0.1, -0.05) is 11.6 Å². The van der Waals surface area contributed by atoms with Gasteiger partial charge in [0.2, 0.25) is 17.6 Å². The number of anilines is 2. The van der Waals surface area contributed by atoms with Crippen LogP contribution in [0.15, 0.2) is 36.5 Å². The number of aromatic nitrogens is 1. The Hall–Kier alpha value is -3.79. The second-order valence-corrected chi connectivity index (χ2v) is 8.74. The molecular weight excluding hydrogens is 479 g/mol. The Morgan fingerprint density at radius 1 is 1.29 bits per heavy atom. The normalized spacial score (nSPS) is 19.1. The first-order valence-electron chi connectivity index (χ1n) is 10.9.